The molecular formula is C17H24O. The Balaban J connectivity index is 2.74. The first-order valence-corrected chi connectivity index (χ1v) is 6.94. The second-order valence-corrected chi connectivity index (χ2v) is 4.84. The topological polar surface area (TPSA) is 17.1 Å². The van der Waals surface area contributed by atoms with Crippen LogP contribution in [-0.4, -0.2) is 6.29 Å². The van der Waals surface area contributed by atoms with Crippen molar-refractivity contribution < 1.29 is 4.79 Å². The monoisotopic (exact) mass is 244 g/mol. The maximum absolute atomic E-state index is 11.4. The van der Waals surface area contributed by atoms with Gasteiger partial charge >= 0.3 is 0 Å². The molecule has 1 aromatic carbocycles. The fourth-order valence-corrected chi connectivity index (χ4v) is 2.43. The average molecular weight is 244 g/mol. The molecule has 98 valence electrons. The minimum Gasteiger partial charge on any atom is -0.303 e. The van der Waals surface area contributed by atoms with E-state index in [0.29, 0.717) is 0 Å². The Morgan fingerprint density at radius 1 is 1.22 bits per heavy atom. The van der Waals surface area contributed by atoms with Gasteiger partial charge in [-0.25, -0.2) is 0 Å². The number of hydrogen-bond donors (Lipinski definition) is 0. The van der Waals surface area contributed by atoms with Gasteiger partial charge in [0, 0.05) is 5.92 Å². The summed E-state index contributed by atoms with van der Waals surface area (Å²) in [6.45, 7) is 6.01. The maximum Gasteiger partial charge on any atom is 0.123 e. The van der Waals surface area contributed by atoms with E-state index >= 15 is 0 Å². The van der Waals surface area contributed by atoms with Crippen molar-refractivity contribution in [3.63, 3.8) is 0 Å². The Morgan fingerprint density at radius 2 is 1.94 bits per heavy atom. The fourth-order valence-electron chi connectivity index (χ4n) is 2.43. The Morgan fingerprint density at radius 3 is 2.50 bits per heavy atom. The Bertz CT molecular complexity index is 342. The number of carbonyl (C=O) groups excluding carboxylic acids is 1. The lowest BCUT2D eigenvalue weighted by molar-refractivity contribution is -0.111. The molecule has 1 aromatic rings. The second-order valence-electron chi connectivity index (χ2n) is 4.84. The molecule has 2 unspecified atom stereocenters. The number of rotatable bonds is 9. The van der Waals surface area contributed by atoms with E-state index in [-0.39, 0.29) is 11.8 Å². The van der Waals surface area contributed by atoms with Gasteiger partial charge in [0.2, 0.25) is 0 Å². The van der Waals surface area contributed by atoms with Crippen LogP contribution < -0.4 is 0 Å². The van der Waals surface area contributed by atoms with E-state index in [0.717, 1.165) is 25.5 Å². The lowest BCUT2D eigenvalue weighted by Crippen LogP contribution is -2.14. The molecule has 0 bridgehead atoms. The van der Waals surface area contributed by atoms with Crippen molar-refractivity contribution in [3.05, 3.63) is 48.6 Å². The van der Waals surface area contributed by atoms with Crippen LogP contribution in [0.25, 0.3) is 0 Å². The van der Waals surface area contributed by atoms with Crippen molar-refractivity contribution in [2.45, 2.75) is 44.9 Å². The molecule has 0 saturated heterocycles. The maximum atomic E-state index is 11.4. The molecular weight excluding hydrogens is 220 g/mol. The van der Waals surface area contributed by atoms with Crippen LogP contribution in [0.15, 0.2) is 43.0 Å². The third-order valence-electron chi connectivity index (χ3n) is 3.48. The summed E-state index contributed by atoms with van der Waals surface area (Å²) < 4.78 is 0. The van der Waals surface area contributed by atoms with Gasteiger partial charge in [0.25, 0.3) is 0 Å². The molecule has 1 heteroatoms. The van der Waals surface area contributed by atoms with Gasteiger partial charge in [-0.2, -0.15) is 0 Å². The number of unbranched alkanes of at least 4 members (excludes halogenated alkanes) is 2. The van der Waals surface area contributed by atoms with E-state index in [1.807, 2.05) is 24.3 Å². The van der Waals surface area contributed by atoms with Crippen LogP contribution in [0.5, 0.6) is 0 Å². The normalized spacial score (nSPS) is 13.8. The van der Waals surface area contributed by atoms with E-state index in [1.165, 1.54) is 18.4 Å². The van der Waals surface area contributed by atoms with E-state index in [9.17, 15) is 4.79 Å². The smallest absolute Gasteiger partial charge is 0.123 e. The van der Waals surface area contributed by atoms with Crippen molar-refractivity contribution >= 4 is 6.29 Å². The summed E-state index contributed by atoms with van der Waals surface area (Å²) in [6, 6.07) is 10.3. The highest BCUT2D eigenvalue weighted by Crippen LogP contribution is 2.30. The lowest BCUT2D eigenvalue weighted by Gasteiger charge is -2.22. The first-order chi connectivity index (χ1) is 8.83. The molecule has 0 aliphatic heterocycles. The van der Waals surface area contributed by atoms with Crippen molar-refractivity contribution in [1.29, 1.82) is 0 Å². The van der Waals surface area contributed by atoms with Gasteiger partial charge in [-0.05, 0) is 24.3 Å². The second kappa shape index (κ2) is 8.68. The summed E-state index contributed by atoms with van der Waals surface area (Å²) >= 11 is 0. The van der Waals surface area contributed by atoms with Crippen LogP contribution >= 0.6 is 0 Å². The quantitative estimate of drug-likeness (QED) is 0.348. The number of benzene rings is 1. The molecule has 0 saturated carbocycles. The number of aldehydes is 1. The average Bonchev–Trinajstić information content (AvgIpc) is 2.43. The van der Waals surface area contributed by atoms with Crippen molar-refractivity contribution in [1.82, 2.24) is 0 Å². The van der Waals surface area contributed by atoms with Crippen molar-refractivity contribution in [2.75, 3.05) is 0 Å². The summed E-state index contributed by atoms with van der Waals surface area (Å²) in [4.78, 5) is 11.4. The van der Waals surface area contributed by atoms with Crippen LogP contribution in [0.4, 0.5) is 0 Å². The highest BCUT2D eigenvalue weighted by molar-refractivity contribution is 5.56. The summed E-state index contributed by atoms with van der Waals surface area (Å²) in [5, 5.41) is 0. The summed E-state index contributed by atoms with van der Waals surface area (Å²) in [5.74, 6) is 0.412. The molecule has 0 fully saturated rings. The van der Waals surface area contributed by atoms with Crippen LogP contribution in [-0.2, 0) is 4.79 Å². The van der Waals surface area contributed by atoms with Gasteiger partial charge in [0.1, 0.15) is 6.29 Å². The van der Waals surface area contributed by atoms with Gasteiger partial charge in [-0.1, -0.05) is 62.6 Å². The van der Waals surface area contributed by atoms with E-state index in [2.05, 4.69) is 25.6 Å². The zero-order valence-corrected chi connectivity index (χ0v) is 11.3. The molecule has 18 heavy (non-hydrogen) atoms. The first kappa shape index (κ1) is 14.7. The highest BCUT2D eigenvalue weighted by Gasteiger charge is 2.21. The Labute approximate surface area is 111 Å². The molecule has 0 aliphatic carbocycles. The molecule has 1 rings (SSSR count). The Kier molecular flexibility index (Phi) is 7.09. The summed E-state index contributed by atoms with van der Waals surface area (Å²) in [6.07, 6.45) is 8.47. The van der Waals surface area contributed by atoms with E-state index in [1.54, 1.807) is 0 Å². The zero-order valence-electron chi connectivity index (χ0n) is 11.3. The van der Waals surface area contributed by atoms with Gasteiger partial charge in [0.15, 0.2) is 0 Å². The molecule has 0 N–H and O–H groups in total. The van der Waals surface area contributed by atoms with Crippen LogP contribution in [0.1, 0.15) is 50.5 Å². The van der Waals surface area contributed by atoms with Gasteiger partial charge in [0.05, 0.1) is 0 Å². The van der Waals surface area contributed by atoms with Crippen LogP contribution in [0.3, 0.4) is 0 Å². The third-order valence-corrected chi connectivity index (χ3v) is 3.48. The molecule has 0 amide bonds. The number of hydrogen-bond acceptors (Lipinski definition) is 1. The summed E-state index contributed by atoms with van der Waals surface area (Å²) in [5.41, 5.74) is 1.26. The van der Waals surface area contributed by atoms with Gasteiger partial charge < -0.3 is 4.79 Å². The predicted octanol–water partition coefficient (Wildman–Crippen LogP) is 4.74. The minimum atomic E-state index is 0.122. The summed E-state index contributed by atoms with van der Waals surface area (Å²) in [7, 11) is 0. The fraction of sp³-hybridized carbons (Fsp3) is 0.471. The van der Waals surface area contributed by atoms with Crippen LogP contribution in [0, 0.1) is 5.92 Å². The van der Waals surface area contributed by atoms with Crippen molar-refractivity contribution in [3.8, 4) is 0 Å². The number of carbonyl (C=O) groups is 1. The van der Waals surface area contributed by atoms with Gasteiger partial charge in [-0.15, -0.1) is 6.58 Å². The minimum absolute atomic E-state index is 0.122. The van der Waals surface area contributed by atoms with E-state index in [4.69, 9.17) is 0 Å². The molecule has 0 aliphatic rings. The largest absolute Gasteiger partial charge is 0.303 e. The highest BCUT2D eigenvalue weighted by atomic mass is 16.1. The Hall–Kier alpha value is -1.37. The zero-order chi connectivity index (χ0) is 13.2. The number of allylic oxidation sites excluding steroid dienone is 1. The van der Waals surface area contributed by atoms with E-state index < -0.39 is 0 Å². The lowest BCUT2D eigenvalue weighted by atomic mass is 9.81. The molecule has 0 spiro atoms. The molecule has 1 nitrogen and oxygen atoms in total. The standard InChI is InChI=1S/C17H24O/c1-3-5-7-13-16(14-18)17(10-4-2)15-11-8-6-9-12-15/h4,6,8-9,11-12,14,16-17H,2-3,5,7,10,13H2,1H3. The van der Waals surface area contributed by atoms with Crippen LogP contribution in [0.2, 0.25) is 0 Å². The molecule has 0 aromatic heterocycles. The SMILES string of the molecule is C=CCC(c1ccccc1)C(C=O)CCCCC. The molecule has 2 atom stereocenters. The van der Waals surface area contributed by atoms with Crippen molar-refractivity contribution in [2.24, 2.45) is 5.92 Å². The predicted molar refractivity (Wildman–Crippen MR) is 77.7 cm³/mol. The van der Waals surface area contributed by atoms with Gasteiger partial charge in [-0.3, -0.25) is 0 Å². The third kappa shape index (κ3) is 4.48. The first-order valence-electron chi connectivity index (χ1n) is 6.94. The molecule has 0 heterocycles. The molecule has 0 radical (unpaired) electrons.